The lowest BCUT2D eigenvalue weighted by atomic mass is 9.89. The van der Waals surface area contributed by atoms with E-state index in [4.69, 9.17) is 0 Å². The number of hydrogen-bond donors (Lipinski definition) is 1. The molecule has 1 unspecified atom stereocenters. The lowest BCUT2D eigenvalue weighted by Gasteiger charge is -2.35. The second-order valence-corrected chi connectivity index (χ2v) is 5.52. The molecule has 2 fully saturated rings. The normalized spacial score (nSPS) is 25.6. The van der Waals surface area contributed by atoms with Crippen LogP contribution in [-0.2, 0) is 19.1 Å². The molecule has 2 amide bonds. The number of methoxy groups -OCH3 is 1. The van der Waals surface area contributed by atoms with Crippen LogP contribution in [-0.4, -0.2) is 48.4 Å². The number of esters is 1. The molecule has 1 N–H and O–H groups in total. The van der Waals surface area contributed by atoms with Crippen molar-refractivity contribution in [2.24, 2.45) is 0 Å². The maximum Gasteiger partial charge on any atom is 0.330 e. The van der Waals surface area contributed by atoms with Crippen LogP contribution in [0, 0.1) is 0 Å². The summed E-state index contributed by atoms with van der Waals surface area (Å²) in [7, 11) is 1.30. The summed E-state index contributed by atoms with van der Waals surface area (Å²) in [6.07, 6.45) is 7.45. The van der Waals surface area contributed by atoms with E-state index in [-0.39, 0.29) is 18.4 Å². The molecule has 0 aromatic heterocycles. The molecule has 0 saturated carbocycles. The Labute approximate surface area is 124 Å². The highest BCUT2D eigenvalue weighted by molar-refractivity contribution is 5.92. The van der Waals surface area contributed by atoms with Crippen LogP contribution in [0.25, 0.3) is 0 Å². The molecule has 6 nitrogen and oxygen atoms in total. The molecule has 0 bridgehead atoms. The van der Waals surface area contributed by atoms with Gasteiger partial charge in [0.15, 0.2) is 0 Å². The third kappa shape index (κ3) is 3.25. The summed E-state index contributed by atoms with van der Waals surface area (Å²) in [5, 5.41) is 2.81. The standard InChI is InChI=1S/C15H22N2O4/c1-21-13(19)7-4-10-16-14(20)15-8-3-2-6-12(18)17(15)11-5-9-15/h4,7H,2-3,5-6,8-11H2,1H3,(H,16,20)/b7-4+. The molecule has 0 radical (unpaired) electrons. The number of nitrogens with one attached hydrogen (secondary N) is 1. The summed E-state index contributed by atoms with van der Waals surface area (Å²) in [5.74, 6) is -0.468. The molecule has 0 aliphatic carbocycles. The van der Waals surface area contributed by atoms with Crippen molar-refractivity contribution in [2.75, 3.05) is 20.2 Å². The van der Waals surface area contributed by atoms with Gasteiger partial charge in [-0.25, -0.2) is 4.79 Å². The number of rotatable bonds is 4. The number of hydrogen-bond acceptors (Lipinski definition) is 4. The molecule has 0 aromatic rings. The summed E-state index contributed by atoms with van der Waals surface area (Å²) in [4.78, 5) is 37.4. The SMILES string of the molecule is COC(=O)/C=C/CNC(=O)C12CCCCC(=O)N1CCC2. The third-order valence-corrected chi connectivity index (χ3v) is 4.28. The number of amides is 2. The van der Waals surface area contributed by atoms with Gasteiger partial charge in [-0.1, -0.05) is 12.5 Å². The molecule has 2 saturated heterocycles. The Morgan fingerprint density at radius 1 is 1.33 bits per heavy atom. The number of ether oxygens (including phenoxy) is 1. The molecule has 2 aliphatic heterocycles. The van der Waals surface area contributed by atoms with Gasteiger partial charge in [0.1, 0.15) is 5.54 Å². The Hall–Kier alpha value is -1.85. The predicted octanol–water partition coefficient (Wildman–Crippen LogP) is 0.767. The van der Waals surface area contributed by atoms with Crippen LogP contribution in [0.5, 0.6) is 0 Å². The van der Waals surface area contributed by atoms with E-state index in [0.717, 1.165) is 32.1 Å². The van der Waals surface area contributed by atoms with Crippen molar-refractivity contribution in [1.29, 1.82) is 0 Å². The number of carbonyl (C=O) groups is 3. The molecule has 0 aromatic carbocycles. The topological polar surface area (TPSA) is 75.7 Å². The lowest BCUT2D eigenvalue weighted by molar-refractivity contribution is -0.144. The van der Waals surface area contributed by atoms with Crippen molar-refractivity contribution in [3.63, 3.8) is 0 Å². The van der Waals surface area contributed by atoms with Crippen molar-refractivity contribution in [3.05, 3.63) is 12.2 Å². The van der Waals surface area contributed by atoms with Gasteiger partial charge in [-0.2, -0.15) is 0 Å². The van der Waals surface area contributed by atoms with Crippen molar-refractivity contribution in [1.82, 2.24) is 10.2 Å². The van der Waals surface area contributed by atoms with Crippen molar-refractivity contribution in [2.45, 2.75) is 44.1 Å². The highest BCUT2D eigenvalue weighted by Gasteiger charge is 2.49. The number of nitrogens with zero attached hydrogens (tertiary/aromatic N) is 1. The number of carbonyl (C=O) groups excluding carboxylic acids is 3. The van der Waals surface area contributed by atoms with Gasteiger partial charge in [0.05, 0.1) is 7.11 Å². The van der Waals surface area contributed by atoms with Crippen LogP contribution in [0.1, 0.15) is 38.5 Å². The molecule has 1 atom stereocenters. The van der Waals surface area contributed by atoms with E-state index in [0.29, 0.717) is 13.0 Å². The molecule has 2 heterocycles. The summed E-state index contributed by atoms with van der Waals surface area (Å²) in [5.41, 5.74) is -0.674. The second-order valence-electron chi connectivity index (χ2n) is 5.52. The van der Waals surface area contributed by atoms with Gasteiger partial charge in [0, 0.05) is 25.6 Å². The fourth-order valence-electron chi connectivity index (χ4n) is 3.22. The Bertz CT molecular complexity index is 461. The summed E-state index contributed by atoms with van der Waals surface area (Å²) in [6, 6.07) is 0. The molecule has 116 valence electrons. The first-order valence-corrected chi connectivity index (χ1v) is 7.43. The zero-order valence-corrected chi connectivity index (χ0v) is 12.4. The van der Waals surface area contributed by atoms with Crippen LogP contribution >= 0.6 is 0 Å². The molecule has 6 heteroatoms. The smallest absolute Gasteiger partial charge is 0.330 e. The minimum Gasteiger partial charge on any atom is -0.466 e. The fourth-order valence-corrected chi connectivity index (χ4v) is 3.22. The van der Waals surface area contributed by atoms with Crippen molar-refractivity contribution in [3.8, 4) is 0 Å². The quantitative estimate of drug-likeness (QED) is 0.614. The number of fused-ring (bicyclic) bond motifs is 1. The Morgan fingerprint density at radius 3 is 2.86 bits per heavy atom. The largest absolute Gasteiger partial charge is 0.466 e. The first kappa shape index (κ1) is 15.5. The van der Waals surface area contributed by atoms with Crippen LogP contribution in [0.2, 0.25) is 0 Å². The highest BCUT2D eigenvalue weighted by Crippen LogP contribution is 2.37. The van der Waals surface area contributed by atoms with E-state index in [1.807, 2.05) is 0 Å². The first-order valence-electron chi connectivity index (χ1n) is 7.43. The van der Waals surface area contributed by atoms with Crippen molar-refractivity contribution >= 4 is 17.8 Å². The summed E-state index contributed by atoms with van der Waals surface area (Å²) >= 11 is 0. The van der Waals surface area contributed by atoms with Crippen molar-refractivity contribution < 1.29 is 19.1 Å². The zero-order chi connectivity index (χ0) is 15.3. The minimum atomic E-state index is -0.674. The van der Waals surface area contributed by atoms with Gasteiger partial charge in [-0.3, -0.25) is 9.59 Å². The lowest BCUT2D eigenvalue weighted by Crippen LogP contribution is -2.56. The summed E-state index contributed by atoms with van der Waals surface area (Å²) < 4.78 is 4.48. The van der Waals surface area contributed by atoms with Gasteiger partial charge in [0.25, 0.3) is 0 Å². The monoisotopic (exact) mass is 294 g/mol. The molecule has 0 spiro atoms. The minimum absolute atomic E-state index is 0.0882. The van der Waals surface area contributed by atoms with E-state index in [1.165, 1.54) is 13.2 Å². The maximum atomic E-state index is 12.6. The fraction of sp³-hybridized carbons (Fsp3) is 0.667. The van der Waals surface area contributed by atoms with E-state index in [1.54, 1.807) is 11.0 Å². The van der Waals surface area contributed by atoms with Gasteiger partial charge in [0.2, 0.25) is 11.8 Å². The van der Waals surface area contributed by atoms with E-state index in [9.17, 15) is 14.4 Å². The molecular formula is C15H22N2O4. The highest BCUT2D eigenvalue weighted by atomic mass is 16.5. The summed E-state index contributed by atoms with van der Waals surface area (Å²) in [6.45, 7) is 0.933. The van der Waals surface area contributed by atoms with E-state index in [2.05, 4.69) is 10.1 Å². The van der Waals surface area contributed by atoms with Crippen LogP contribution < -0.4 is 5.32 Å². The Kier molecular flexibility index (Phi) is 4.98. The Morgan fingerprint density at radius 2 is 2.10 bits per heavy atom. The van der Waals surface area contributed by atoms with Crippen LogP contribution in [0.15, 0.2) is 12.2 Å². The maximum absolute atomic E-state index is 12.6. The van der Waals surface area contributed by atoms with Gasteiger partial charge in [-0.05, 0) is 25.7 Å². The molecule has 2 rings (SSSR count). The Balaban J connectivity index is 2.00. The van der Waals surface area contributed by atoms with Gasteiger partial charge < -0.3 is 15.0 Å². The van der Waals surface area contributed by atoms with Crippen LogP contribution in [0.3, 0.4) is 0 Å². The second kappa shape index (κ2) is 6.74. The molecule has 2 aliphatic rings. The van der Waals surface area contributed by atoms with E-state index >= 15 is 0 Å². The van der Waals surface area contributed by atoms with Crippen LogP contribution in [0.4, 0.5) is 0 Å². The van der Waals surface area contributed by atoms with Gasteiger partial charge >= 0.3 is 5.97 Å². The van der Waals surface area contributed by atoms with E-state index < -0.39 is 11.5 Å². The first-order chi connectivity index (χ1) is 10.1. The third-order valence-electron chi connectivity index (χ3n) is 4.28. The zero-order valence-electron chi connectivity index (χ0n) is 12.4. The van der Waals surface area contributed by atoms with Gasteiger partial charge in [-0.15, -0.1) is 0 Å². The molecular weight excluding hydrogens is 272 g/mol. The average molecular weight is 294 g/mol. The predicted molar refractivity (Wildman–Crippen MR) is 76.3 cm³/mol. The average Bonchev–Trinajstić information content (AvgIpc) is 2.86. The molecule has 21 heavy (non-hydrogen) atoms.